The molecule has 19 heavy (non-hydrogen) atoms. The maximum Gasteiger partial charge on any atom is 0.313 e. The van der Waals surface area contributed by atoms with Crippen molar-refractivity contribution in [1.82, 2.24) is 5.32 Å². The van der Waals surface area contributed by atoms with E-state index >= 15 is 0 Å². The van der Waals surface area contributed by atoms with Crippen molar-refractivity contribution in [3.8, 4) is 0 Å². The number of amides is 2. The number of hydrogen-bond donors (Lipinski definition) is 2. The van der Waals surface area contributed by atoms with Crippen molar-refractivity contribution in [1.29, 1.82) is 0 Å². The summed E-state index contributed by atoms with van der Waals surface area (Å²) in [5, 5.41) is 4.95. The Bertz CT molecular complexity index is 501. The van der Waals surface area contributed by atoms with Gasteiger partial charge in [0.1, 0.15) is 5.82 Å². The molecule has 1 aliphatic rings. The molecule has 102 valence electrons. The Balaban J connectivity index is 1.92. The van der Waals surface area contributed by atoms with E-state index in [0.29, 0.717) is 0 Å². The van der Waals surface area contributed by atoms with Gasteiger partial charge in [0.15, 0.2) is 0 Å². The molecule has 4 nitrogen and oxygen atoms in total. The molecule has 0 saturated heterocycles. The van der Waals surface area contributed by atoms with E-state index in [1.165, 1.54) is 12.1 Å². The maximum absolute atomic E-state index is 12.9. The van der Waals surface area contributed by atoms with Gasteiger partial charge in [-0.2, -0.15) is 0 Å². The first-order valence-corrected chi connectivity index (χ1v) is 6.51. The molecule has 0 radical (unpaired) electrons. The number of hydrogen-bond acceptors (Lipinski definition) is 2. The third-order valence-corrected chi connectivity index (χ3v) is 3.36. The fourth-order valence-corrected chi connectivity index (χ4v) is 2.26. The SMILES string of the molecule is O=C(Nc1ccc(F)c(Cl)c1)C(=O)NC1CCCC1. The molecule has 1 fully saturated rings. The lowest BCUT2D eigenvalue weighted by Crippen LogP contribution is -2.40. The number of halogens is 2. The minimum Gasteiger partial charge on any atom is -0.345 e. The highest BCUT2D eigenvalue weighted by molar-refractivity contribution is 6.40. The molecule has 0 heterocycles. The molecule has 1 aliphatic carbocycles. The monoisotopic (exact) mass is 284 g/mol. The van der Waals surface area contributed by atoms with Crippen molar-refractivity contribution in [2.24, 2.45) is 0 Å². The summed E-state index contributed by atoms with van der Waals surface area (Å²) in [4.78, 5) is 23.3. The molecule has 1 saturated carbocycles. The Morgan fingerprint density at radius 3 is 2.53 bits per heavy atom. The summed E-state index contributed by atoms with van der Waals surface area (Å²) < 4.78 is 12.9. The van der Waals surface area contributed by atoms with Crippen molar-refractivity contribution < 1.29 is 14.0 Å². The Kier molecular flexibility index (Phi) is 4.37. The summed E-state index contributed by atoms with van der Waals surface area (Å²) in [6, 6.07) is 3.82. The lowest BCUT2D eigenvalue weighted by Gasteiger charge is -2.11. The first kappa shape index (κ1) is 13.8. The highest BCUT2D eigenvalue weighted by atomic mass is 35.5. The van der Waals surface area contributed by atoms with Crippen LogP contribution in [0.3, 0.4) is 0 Å². The van der Waals surface area contributed by atoms with Crippen molar-refractivity contribution in [2.45, 2.75) is 31.7 Å². The fraction of sp³-hybridized carbons (Fsp3) is 0.385. The maximum atomic E-state index is 12.9. The zero-order valence-corrected chi connectivity index (χ0v) is 11.0. The van der Waals surface area contributed by atoms with Gasteiger partial charge >= 0.3 is 11.8 Å². The zero-order chi connectivity index (χ0) is 13.8. The van der Waals surface area contributed by atoms with Crippen LogP contribution in [0.5, 0.6) is 0 Å². The van der Waals surface area contributed by atoms with E-state index in [-0.39, 0.29) is 16.8 Å². The fourth-order valence-electron chi connectivity index (χ4n) is 2.08. The highest BCUT2D eigenvalue weighted by Crippen LogP contribution is 2.20. The Morgan fingerprint density at radius 2 is 1.89 bits per heavy atom. The molecule has 0 bridgehead atoms. The van der Waals surface area contributed by atoms with Gasteiger partial charge in [0.25, 0.3) is 0 Å². The summed E-state index contributed by atoms with van der Waals surface area (Å²) >= 11 is 5.59. The molecule has 1 aromatic carbocycles. The third-order valence-electron chi connectivity index (χ3n) is 3.07. The number of benzene rings is 1. The molecule has 0 atom stereocenters. The quantitative estimate of drug-likeness (QED) is 0.820. The van der Waals surface area contributed by atoms with E-state index in [1.807, 2.05) is 0 Å². The van der Waals surface area contributed by atoms with Crippen molar-refractivity contribution in [3.05, 3.63) is 29.0 Å². The van der Waals surface area contributed by atoms with E-state index in [1.54, 1.807) is 0 Å². The predicted molar refractivity (Wildman–Crippen MR) is 70.4 cm³/mol. The normalized spacial score (nSPS) is 15.3. The molecule has 0 unspecified atom stereocenters. The van der Waals surface area contributed by atoms with Crippen LogP contribution >= 0.6 is 11.6 Å². The molecule has 6 heteroatoms. The second kappa shape index (κ2) is 6.02. The van der Waals surface area contributed by atoms with Gasteiger partial charge in [-0.25, -0.2) is 4.39 Å². The van der Waals surface area contributed by atoms with Crippen LogP contribution in [0.15, 0.2) is 18.2 Å². The van der Waals surface area contributed by atoms with Crippen LogP contribution in [0.2, 0.25) is 5.02 Å². The van der Waals surface area contributed by atoms with Crippen LogP contribution in [0.1, 0.15) is 25.7 Å². The molecule has 0 aliphatic heterocycles. The van der Waals surface area contributed by atoms with E-state index in [2.05, 4.69) is 10.6 Å². The van der Waals surface area contributed by atoms with E-state index in [0.717, 1.165) is 31.7 Å². The molecule has 0 spiro atoms. The molecule has 2 rings (SSSR count). The van der Waals surface area contributed by atoms with Gasteiger partial charge in [-0.1, -0.05) is 24.4 Å². The van der Waals surface area contributed by atoms with Gasteiger partial charge in [0.2, 0.25) is 0 Å². The van der Waals surface area contributed by atoms with Crippen LogP contribution in [0.25, 0.3) is 0 Å². The Morgan fingerprint density at radius 1 is 1.21 bits per heavy atom. The summed E-state index contributed by atoms with van der Waals surface area (Å²) in [6.45, 7) is 0. The molecule has 0 aromatic heterocycles. The second-order valence-electron chi connectivity index (χ2n) is 4.54. The zero-order valence-electron chi connectivity index (χ0n) is 10.2. The van der Waals surface area contributed by atoms with Crippen LogP contribution in [-0.2, 0) is 9.59 Å². The topological polar surface area (TPSA) is 58.2 Å². The number of carbonyl (C=O) groups excluding carboxylic acids is 2. The summed E-state index contributed by atoms with van der Waals surface area (Å²) in [7, 11) is 0. The summed E-state index contributed by atoms with van der Waals surface area (Å²) in [6.07, 6.45) is 3.95. The van der Waals surface area contributed by atoms with Crippen LogP contribution in [0, 0.1) is 5.82 Å². The Hall–Kier alpha value is -1.62. The van der Waals surface area contributed by atoms with Gasteiger partial charge in [0.05, 0.1) is 5.02 Å². The number of anilines is 1. The van der Waals surface area contributed by atoms with Gasteiger partial charge in [0, 0.05) is 11.7 Å². The van der Waals surface area contributed by atoms with E-state index < -0.39 is 17.6 Å². The lowest BCUT2D eigenvalue weighted by atomic mass is 10.2. The first-order chi connectivity index (χ1) is 9.06. The van der Waals surface area contributed by atoms with Crippen molar-refractivity contribution in [2.75, 3.05) is 5.32 Å². The van der Waals surface area contributed by atoms with Gasteiger partial charge in [-0.3, -0.25) is 9.59 Å². The van der Waals surface area contributed by atoms with Crippen LogP contribution in [0.4, 0.5) is 10.1 Å². The smallest absolute Gasteiger partial charge is 0.313 e. The van der Waals surface area contributed by atoms with Crippen LogP contribution < -0.4 is 10.6 Å². The standard InChI is InChI=1S/C13H14ClFN2O2/c14-10-7-9(5-6-11(10)15)17-13(19)12(18)16-8-3-1-2-4-8/h5-8H,1-4H2,(H,16,18)(H,17,19). The van der Waals surface area contributed by atoms with Crippen LogP contribution in [-0.4, -0.2) is 17.9 Å². The summed E-state index contributed by atoms with van der Waals surface area (Å²) in [5.74, 6) is -2.02. The molecular formula is C13H14ClFN2O2. The van der Waals surface area contributed by atoms with Crippen molar-refractivity contribution in [3.63, 3.8) is 0 Å². The number of carbonyl (C=O) groups is 2. The van der Waals surface area contributed by atoms with Gasteiger partial charge in [-0.15, -0.1) is 0 Å². The minimum absolute atomic E-state index is 0.0788. The highest BCUT2D eigenvalue weighted by Gasteiger charge is 2.21. The second-order valence-corrected chi connectivity index (χ2v) is 4.95. The third kappa shape index (κ3) is 3.67. The minimum atomic E-state index is -0.769. The molecule has 2 amide bonds. The lowest BCUT2D eigenvalue weighted by molar-refractivity contribution is -0.136. The Labute approximate surface area is 115 Å². The van der Waals surface area contributed by atoms with Gasteiger partial charge < -0.3 is 10.6 Å². The van der Waals surface area contributed by atoms with E-state index in [4.69, 9.17) is 11.6 Å². The number of rotatable bonds is 2. The van der Waals surface area contributed by atoms with Crippen molar-refractivity contribution >= 4 is 29.1 Å². The number of nitrogens with one attached hydrogen (secondary N) is 2. The van der Waals surface area contributed by atoms with Gasteiger partial charge in [-0.05, 0) is 31.0 Å². The van der Waals surface area contributed by atoms with E-state index in [9.17, 15) is 14.0 Å². The average molecular weight is 285 g/mol. The average Bonchev–Trinajstić information content (AvgIpc) is 2.86. The predicted octanol–water partition coefficient (Wildman–Crippen LogP) is 2.48. The summed E-state index contributed by atoms with van der Waals surface area (Å²) in [5.41, 5.74) is 0.290. The molecular weight excluding hydrogens is 271 g/mol. The first-order valence-electron chi connectivity index (χ1n) is 6.13. The largest absolute Gasteiger partial charge is 0.345 e. The molecule has 2 N–H and O–H groups in total. The molecule has 1 aromatic rings.